The number of carbonyl (C=O) groups excluding carboxylic acids is 1. The first-order valence-corrected chi connectivity index (χ1v) is 11.0. The van der Waals surface area contributed by atoms with Gasteiger partial charge in [-0.05, 0) is 23.1 Å². The van der Waals surface area contributed by atoms with E-state index in [2.05, 4.69) is 10.3 Å². The molecule has 0 spiro atoms. The highest BCUT2D eigenvalue weighted by molar-refractivity contribution is 5.78. The Balaban J connectivity index is 1.32. The Morgan fingerprint density at radius 2 is 1.82 bits per heavy atom. The van der Waals surface area contributed by atoms with Gasteiger partial charge in [0.25, 0.3) is 5.56 Å². The van der Waals surface area contributed by atoms with Crippen LogP contribution in [-0.4, -0.2) is 39.3 Å². The molecule has 8 heteroatoms. The number of benzene rings is 2. The van der Waals surface area contributed by atoms with Gasteiger partial charge in [-0.2, -0.15) is 0 Å². The van der Waals surface area contributed by atoms with Gasteiger partial charge in [0.1, 0.15) is 12.3 Å². The summed E-state index contributed by atoms with van der Waals surface area (Å²) in [6.45, 7) is 1.94. The summed E-state index contributed by atoms with van der Waals surface area (Å²) < 4.78 is 7.11. The van der Waals surface area contributed by atoms with Crippen LogP contribution < -0.4 is 16.6 Å². The Bertz CT molecular complexity index is 1220. The van der Waals surface area contributed by atoms with Crippen LogP contribution in [0.3, 0.4) is 0 Å². The summed E-state index contributed by atoms with van der Waals surface area (Å²) in [5.74, 6) is -0.184. The standard InChI is InChI=1S/C25H27N3O5/c1-2-17-15-28(25(32)27-24(17)31)23-13-20(29)21(33-23)14-26-22(30)12-16-8-10-19(11-9-16)18-6-4-3-5-7-18/h3-11,15,20-21,23,29H,2,12-14H2,1H3,(H,26,30)(H,27,31,32). The highest BCUT2D eigenvalue weighted by atomic mass is 16.5. The second-order valence-electron chi connectivity index (χ2n) is 8.15. The van der Waals surface area contributed by atoms with Gasteiger partial charge >= 0.3 is 5.69 Å². The molecular formula is C25H27N3O5. The van der Waals surface area contributed by atoms with E-state index in [1.807, 2.05) is 61.5 Å². The SMILES string of the molecule is CCc1cn(C2CC(O)C(CNC(=O)Cc3ccc(-c4ccccc4)cc3)O2)c(=O)[nH]c1=O. The summed E-state index contributed by atoms with van der Waals surface area (Å²) in [4.78, 5) is 38.6. The van der Waals surface area contributed by atoms with E-state index in [4.69, 9.17) is 4.74 Å². The summed E-state index contributed by atoms with van der Waals surface area (Å²) in [7, 11) is 0. The average Bonchev–Trinajstić information content (AvgIpc) is 3.19. The molecular weight excluding hydrogens is 422 g/mol. The third kappa shape index (κ3) is 5.30. The Hall–Kier alpha value is -3.49. The molecule has 33 heavy (non-hydrogen) atoms. The number of amides is 1. The van der Waals surface area contributed by atoms with Gasteiger partial charge in [0.15, 0.2) is 0 Å². The van der Waals surface area contributed by atoms with E-state index in [1.54, 1.807) is 0 Å². The molecule has 3 aromatic rings. The van der Waals surface area contributed by atoms with Crippen molar-refractivity contribution in [2.24, 2.45) is 0 Å². The molecule has 172 valence electrons. The number of aliphatic hydroxyl groups excluding tert-OH is 1. The second-order valence-corrected chi connectivity index (χ2v) is 8.15. The molecule has 3 atom stereocenters. The van der Waals surface area contributed by atoms with Crippen molar-refractivity contribution in [3.63, 3.8) is 0 Å². The predicted molar refractivity (Wildman–Crippen MR) is 124 cm³/mol. The molecule has 8 nitrogen and oxygen atoms in total. The molecule has 1 amide bonds. The number of hydrogen-bond donors (Lipinski definition) is 3. The first-order valence-electron chi connectivity index (χ1n) is 11.0. The highest BCUT2D eigenvalue weighted by Crippen LogP contribution is 2.27. The Labute approximate surface area is 190 Å². The maximum absolute atomic E-state index is 12.4. The van der Waals surface area contributed by atoms with Crippen molar-refractivity contribution in [1.29, 1.82) is 0 Å². The van der Waals surface area contributed by atoms with Crippen LogP contribution in [0, 0.1) is 0 Å². The van der Waals surface area contributed by atoms with E-state index in [1.165, 1.54) is 10.8 Å². The van der Waals surface area contributed by atoms with Crippen LogP contribution in [0.5, 0.6) is 0 Å². The van der Waals surface area contributed by atoms with Gasteiger partial charge in [0.2, 0.25) is 5.91 Å². The van der Waals surface area contributed by atoms with Crippen LogP contribution in [-0.2, 0) is 22.4 Å². The van der Waals surface area contributed by atoms with Crippen molar-refractivity contribution >= 4 is 5.91 Å². The van der Waals surface area contributed by atoms with E-state index >= 15 is 0 Å². The van der Waals surface area contributed by atoms with E-state index in [0.29, 0.717) is 12.0 Å². The van der Waals surface area contributed by atoms with Crippen molar-refractivity contribution in [1.82, 2.24) is 14.9 Å². The minimum atomic E-state index is -0.843. The van der Waals surface area contributed by atoms with Gasteiger partial charge in [-0.3, -0.25) is 19.1 Å². The molecule has 0 saturated carbocycles. The zero-order valence-electron chi connectivity index (χ0n) is 18.4. The van der Waals surface area contributed by atoms with Crippen molar-refractivity contribution in [2.75, 3.05) is 6.54 Å². The molecule has 1 aliphatic heterocycles. The molecule has 0 aliphatic carbocycles. The van der Waals surface area contributed by atoms with E-state index in [9.17, 15) is 19.5 Å². The molecule has 1 aromatic heterocycles. The molecule has 1 fully saturated rings. The predicted octanol–water partition coefficient (Wildman–Crippen LogP) is 1.77. The summed E-state index contributed by atoms with van der Waals surface area (Å²) in [6, 6.07) is 17.8. The first kappa shape index (κ1) is 22.7. The van der Waals surface area contributed by atoms with Crippen LogP contribution in [0.2, 0.25) is 0 Å². The average molecular weight is 450 g/mol. The molecule has 3 N–H and O–H groups in total. The van der Waals surface area contributed by atoms with Gasteiger partial charge in [-0.15, -0.1) is 0 Å². The maximum atomic E-state index is 12.4. The fourth-order valence-electron chi connectivity index (χ4n) is 3.97. The van der Waals surface area contributed by atoms with Crippen LogP contribution in [0.15, 0.2) is 70.4 Å². The number of nitrogens with one attached hydrogen (secondary N) is 2. The normalized spacial score (nSPS) is 20.0. The van der Waals surface area contributed by atoms with E-state index < -0.39 is 29.7 Å². The third-order valence-corrected chi connectivity index (χ3v) is 5.86. The maximum Gasteiger partial charge on any atom is 0.330 e. The lowest BCUT2D eigenvalue weighted by molar-refractivity contribution is -0.121. The van der Waals surface area contributed by atoms with Gasteiger partial charge in [0.05, 0.1) is 12.5 Å². The van der Waals surface area contributed by atoms with Crippen molar-refractivity contribution in [3.8, 4) is 11.1 Å². The van der Waals surface area contributed by atoms with Crippen LogP contribution in [0.25, 0.3) is 11.1 Å². The fraction of sp³-hybridized carbons (Fsp3) is 0.320. The Morgan fingerprint density at radius 3 is 2.52 bits per heavy atom. The Kier molecular flexibility index (Phi) is 6.86. The van der Waals surface area contributed by atoms with Crippen molar-refractivity contribution < 1.29 is 14.6 Å². The summed E-state index contributed by atoms with van der Waals surface area (Å²) in [6.07, 6.45) is 0.140. The van der Waals surface area contributed by atoms with E-state index in [0.717, 1.165) is 16.7 Å². The molecule has 4 rings (SSSR count). The molecule has 2 heterocycles. The van der Waals surface area contributed by atoms with Gasteiger partial charge in [0, 0.05) is 24.7 Å². The van der Waals surface area contributed by atoms with Crippen LogP contribution in [0.4, 0.5) is 0 Å². The summed E-state index contributed by atoms with van der Waals surface area (Å²) in [5.41, 5.74) is 2.53. The Morgan fingerprint density at radius 1 is 1.12 bits per heavy atom. The van der Waals surface area contributed by atoms with Gasteiger partial charge in [-0.25, -0.2) is 4.79 Å². The monoisotopic (exact) mass is 449 g/mol. The van der Waals surface area contributed by atoms with Gasteiger partial charge in [-0.1, -0.05) is 61.5 Å². The van der Waals surface area contributed by atoms with Gasteiger partial charge < -0.3 is 15.2 Å². The number of rotatable bonds is 7. The number of carbonyl (C=O) groups is 1. The third-order valence-electron chi connectivity index (χ3n) is 5.86. The number of aliphatic hydroxyl groups is 1. The number of nitrogens with zero attached hydrogens (tertiary/aromatic N) is 1. The molecule has 3 unspecified atom stereocenters. The molecule has 1 saturated heterocycles. The lowest BCUT2D eigenvalue weighted by atomic mass is 10.0. The number of aryl methyl sites for hydroxylation is 1. The topological polar surface area (TPSA) is 113 Å². The van der Waals surface area contributed by atoms with Crippen molar-refractivity contribution in [3.05, 3.63) is 92.8 Å². The fourth-order valence-corrected chi connectivity index (χ4v) is 3.97. The lowest BCUT2D eigenvalue weighted by Gasteiger charge is -2.17. The second kappa shape index (κ2) is 9.97. The minimum Gasteiger partial charge on any atom is -0.390 e. The number of H-pyrrole nitrogens is 1. The highest BCUT2D eigenvalue weighted by Gasteiger charge is 2.35. The molecule has 2 aromatic carbocycles. The van der Waals surface area contributed by atoms with Crippen molar-refractivity contribution in [2.45, 2.75) is 44.6 Å². The minimum absolute atomic E-state index is 0.122. The first-order chi connectivity index (χ1) is 15.9. The number of aromatic nitrogens is 2. The van der Waals surface area contributed by atoms with Crippen LogP contribution >= 0.6 is 0 Å². The lowest BCUT2D eigenvalue weighted by Crippen LogP contribution is -2.38. The number of aromatic amines is 1. The molecule has 1 aliphatic rings. The molecule has 0 bridgehead atoms. The zero-order valence-corrected chi connectivity index (χ0v) is 18.4. The summed E-state index contributed by atoms with van der Waals surface area (Å²) >= 11 is 0. The summed E-state index contributed by atoms with van der Waals surface area (Å²) in [5, 5.41) is 13.2. The van der Waals surface area contributed by atoms with E-state index in [-0.39, 0.29) is 25.3 Å². The molecule has 0 radical (unpaired) electrons. The van der Waals surface area contributed by atoms with Crippen LogP contribution in [0.1, 0.15) is 30.7 Å². The smallest absolute Gasteiger partial charge is 0.330 e. The number of hydrogen-bond acceptors (Lipinski definition) is 5. The number of ether oxygens (including phenoxy) is 1. The quantitative estimate of drug-likeness (QED) is 0.509. The largest absolute Gasteiger partial charge is 0.390 e. The zero-order chi connectivity index (χ0) is 23.4.